The second kappa shape index (κ2) is 6.05. The van der Waals surface area contributed by atoms with Crippen LogP contribution in [0.1, 0.15) is 18.4 Å². The van der Waals surface area contributed by atoms with Crippen molar-refractivity contribution >= 4 is 43.5 Å². The largest absolute Gasteiger partial charge is 0.127 e. The van der Waals surface area contributed by atoms with Gasteiger partial charge in [-0.05, 0) is 43.0 Å². The zero-order chi connectivity index (χ0) is 9.68. The van der Waals surface area contributed by atoms with Gasteiger partial charge in [0.15, 0.2) is 0 Å². The van der Waals surface area contributed by atoms with Crippen LogP contribution in [0, 0.1) is 0 Å². The molecule has 1 rings (SSSR count). The van der Waals surface area contributed by atoms with E-state index in [2.05, 4.69) is 44.0 Å². The zero-order valence-corrected chi connectivity index (χ0v) is 11.1. The number of benzene rings is 1. The maximum atomic E-state index is 5.61. The Morgan fingerprint density at radius 2 is 1.62 bits per heavy atom. The van der Waals surface area contributed by atoms with Crippen LogP contribution in [0.2, 0.25) is 0 Å². The zero-order valence-electron chi connectivity index (χ0n) is 7.19. The van der Waals surface area contributed by atoms with Crippen molar-refractivity contribution in [1.29, 1.82) is 0 Å². The fraction of sp³-hybridized carbons (Fsp3) is 0.400. The summed E-state index contributed by atoms with van der Waals surface area (Å²) in [5, 5.41) is 0. The fourth-order valence-electron chi connectivity index (χ4n) is 1.18. The lowest BCUT2D eigenvalue weighted by Gasteiger charge is -2.02. The van der Waals surface area contributed by atoms with Gasteiger partial charge in [0.2, 0.25) is 0 Å². The van der Waals surface area contributed by atoms with Gasteiger partial charge in [-0.15, -0.1) is 11.6 Å². The molecule has 0 unspecified atom stereocenters. The lowest BCUT2D eigenvalue weighted by molar-refractivity contribution is 0.799. The third kappa shape index (κ3) is 4.48. The molecule has 0 aromatic heterocycles. The lowest BCUT2D eigenvalue weighted by Crippen LogP contribution is -1.86. The lowest BCUT2D eigenvalue weighted by atomic mass is 10.1. The van der Waals surface area contributed by atoms with Crippen molar-refractivity contribution in [3.05, 3.63) is 32.7 Å². The molecule has 0 aliphatic heterocycles. The predicted octanol–water partition coefficient (Wildman–Crippen LogP) is 4.77. The first-order valence-electron chi connectivity index (χ1n) is 4.23. The van der Waals surface area contributed by atoms with Gasteiger partial charge in [0.25, 0.3) is 0 Å². The van der Waals surface area contributed by atoms with E-state index in [9.17, 15) is 0 Å². The van der Waals surface area contributed by atoms with Crippen LogP contribution in [0.15, 0.2) is 27.1 Å². The highest BCUT2D eigenvalue weighted by molar-refractivity contribution is 9.11. The summed E-state index contributed by atoms with van der Waals surface area (Å²) < 4.78 is 2.26. The van der Waals surface area contributed by atoms with Crippen molar-refractivity contribution in [3.63, 3.8) is 0 Å². The summed E-state index contributed by atoms with van der Waals surface area (Å²) in [6.07, 6.45) is 3.35. The van der Waals surface area contributed by atoms with Gasteiger partial charge in [0, 0.05) is 14.8 Å². The molecule has 0 atom stereocenters. The Bertz CT molecular complexity index is 253. The van der Waals surface area contributed by atoms with Crippen molar-refractivity contribution in [3.8, 4) is 0 Å². The van der Waals surface area contributed by atoms with Crippen LogP contribution >= 0.6 is 43.5 Å². The molecular weight excluding hydrogens is 315 g/mol. The molecule has 72 valence electrons. The molecule has 0 heterocycles. The Hall–Kier alpha value is 0.470. The molecule has 0 spiro atoms. The first-order valence-corrected chi connectivity index (χ1v) is 6.35. The SMILES string of the molecule is ClCCCCc1cc(Br)cc(Br)c1. The number of rotatable bonds is 4. The average Bonchev–Trinajstić information content (AvgIpc) is 2.03. The molecule has 0 aliphatic carbocycles. The quantitative estimate of drug-likeness (QED) is 0.552. The minimum absolute atomic E-state index is 0.759. The van der Waals surface area contributed by atoms with Gasteiger partial charge >= 0.3 is 0 Å². The van der Waals surface area contributed by atoms with E-state index in [-0.39, 0.29) is 0 Å². The minimum atomic E-state index is 0.759. The summed E-state index contributed by atoms with van der Waals surface area (Å²) >= 11 is 12.5. The van der Waals surface area contributed by atoms with Gasteiger partial charge in [-0.3, -0.25) is 0 Å². The van der Waals surface area contributed by atoms with Crippen LogP contribution in [0.25, 0.3) is 0 Å². The summed E-state index contributed by atoms with van der Waals surface area (Å²) in [4.78, 5) is 0. The normalized spacial score (nSPS) is 10.4. The molecule has 1 aromatic rings. The molecule has 0 aliphatic rings. The maximum absolute atomic E-state index is 5.61. The smallest absolute Gasteiger partial charge is 0.0223 e. The van der Waals surface area contributed by atoms with Gasteiger partial charge in [0.1, 0.15) is 0 Å². The van der Waals surface area contributed by atoms with Crippen LogP contribution < -0.4 is 0 Å². The highest BCUT2D eigenvalue weighted by atomic mass is 79.9. The molecule has 0 nitrogen and oxygen atoms in total. The summed E-state index contributed by atoms with van der Waals surface area (Å²) in [5.41, 5.74) is 1.35. The van der Waals surface area contributed by atoms with Crippen LogP contribution in [-0.4, -0.2) is 5.88 Å². The number of hydrogen-bond acceptors (Lipinski definition) is 0. The van der Waals surface area contributed by atoms with E-state index < -0.39 is 0 Å². The topological polar surface area (TPSA) is 0 Å². The molecular formula is C10H11Br2Cl. The standard InChI is InChI=1S/C10H11Br2Cl/c11-9-5-8(3-1-2-4-13)6-10(12)7-9/h5-7H,1-4H2. The van der Waals surface area contributed by atoms with Crippen LogP contribution in [0.5, 0.6) is 0 Å². The van der Waals surface area contributed by atoms with Crippen molar-refractivity contribution in [2.45, 2.75) is 19.3 Å². The summed E-state index contributed by atoms with van der Waals surface area (Å²) in [6.45, 7) is 0. The van der Waals surface area contributed by atoms with Gasteiger partial charge in [0.05, 0.1) is 0 Å². The summed E-state index contributed by atoms with van der Waals surface area (Å²) in [5.74, 6) is 0.759. The Morgan fingerprint density at radius 3 is 2.15 bits per heavy atom. The number of hydrogen-bond donors (Lipinski definition) is 0. The average molecular weight is 326 g/mol. The highest BCUT2D eigenvalue weighted by Crippen LogP contribution is 2.21. The van der Waals surface area contributed by atoms with Gasteiger partial charge in [-0.2, -0.15) is 0 Å². The van der Waals surface area contributed by atoms with E-state index in [4.69, 9.17) is 11.6 Å². The number of unbranched alkanes of at least 4 members (excludes halogenated alkanes) is 1. The van der Waals surface area contributed by atoms with E-state index >= 15 is 0 Å². The molecule has 0 saturated heterocycles. The molecule has 0 amide bonds. The number of alkyl halides is 1. The molecule has 0 N–H and O–H groups in total. The van der Waals surface area contributed by atoms with E-state index in [0.717, 1.165) is 34.1 Å². The van der Waals surface area contributed by atoms with Crippen LogP contribution in [0.3, 0.4) is 0 Å². The van der Waals surface area contributed by atoms with Gasteiger partial charge in [-0.25, -0.2) is 0 Å². The van der Waals surface area contributed by atoms with E-state index in [1.54, 1.807) is 0 Å². The molecule has 13 heavy (non-hydrogen) atoms. The maximum Gasteiger partial charge on any atom is 0.0223 e. The summed E-state index contributed by atoms with van der Waals surface area (Å²) in [6, 6.07) is 6.35. The van der Waals surface area contributed by atoms with E-state index in [0.29, 0.717) is 0 Å². The van der Waals surface area contributed by atoms with Gasteiger partial charge in [-0.1, -0.05) is 31.9 Å². The third-order valence-corrected chi connectivity index (χ3v) is 2.95. The van der Waals surface area contributed by atoms with E-state index in [1.807, 2.05) is 6.07 Å². The first-order chi connectivity index (χ1) is 6.22. The predicted molar refractivity (Wildman–Crippen MR) is 65.5 cm³/mol. The van der Waals surface area contributed by atoms with E-state index in [1.165, 1.54) is 5.56 Å². The van der Waals surface area contributed by atoms with Crippen LogP contribution in [0.4, 0.5) is 0 Å². The van der Waals surface area contributed by atoms with Crippen LogP contribution in [-0.2, 0) is 6.42 Å². The molecule has 3 heteroatoms. The fourth-order valence-corrected chi connectivity index (χ4v) is 2.76. The minimum Gasteiger partial charge on any atom is -0.127 e. The van der Waals surface area contributed by atoms with Crippen molar-refractivity contribution in [2.75, 3.05) is 5.88 Å². The first kappa shape index (κ1) is 11.5. The van der Waals surface area contributed by atoms with Crippen molar-refractivity contribution in [2.24, 2.45) is 0 Å². The second-order valence-electron chi connectivity index (χ2n) is 2.92. The monoisotopic (exact) mass is 324 g/mol. The highest BCUT2D eigenvalue weighted by Gasteiger charge is 1.97. The Morgan fingerprint density at radius 1 is 1.00 bits per heavy atom. The second-order valence-corrected chi connectivity index (χ2v) is 5.13. The van der Waals surface area contributed by atoms with Crippen molar-refractivity contribution < 1.29 is 0 Å². The molecule has 0 saturated carbocycles. The molecule has 0 fully saturated rings. The Balaban J connectivity index is 2.56. The van der Waals surface area contributed by atoms with Crippen molar-refractivity contribution in [1.82, 2.24) is 0 Å². The molecule has 1 aromatic carbocycles. The Kier molecular flexibility index (Phi) is 5.37. The number of aryl methyl sites for hydroxylation is 1. The summed E-state index contributed by atoms with van der Waals surface area (Å²) in [7, 11) is 0. The molecule has 0 radical (unpaired) electrons. The number of halogens is 3. The molecule has 0 bridgehead atoms. The third-order valence-electron chi connectivity index (χ3n) is 1.77. The Labute approximate surface area is 101 Å². The van der Waals surface area contributed by atoms with Gasteiger partial charge < -0.3 is 0 Å².